The third-order valence-corrected chi connectivity index (χ3v) is 4.43. The van der Waals surface area contributed by atoms with Gasteiger partial charge >= 0.3 is 0 Å². The minimum absolute atomic E-state index is 0.000647. The smallest absolute Gasteiger partial charge is 0.162 e. The topological polar surface area (TPSA) is 96.7 Å². The van der Waals surface area contributed by atoms with Crippen molar-refractivity contribution < 1.29 is 19.7 Å². The number of methoxy groups -OCH3 is 1. The number of nitrogens with zero attached hydrogens (tertiary/aromatic N) is 2. The van der Waals surface area contributed by atoms with E-state index in [2.05, 4.69) is 15.3 Å². The number of anilines is 2. The summed E-state index contributed by atoms with van der Waals surface area (Å²) in [4.78, 5) is 8.52. The van der Waals surface area contributed by atoms with Crippen molar-refractivity contribution in [2.75, 3.05) is 25.6 Å². The Bertz CT molecular complexity index is 952. The van der Waals surface area contributed by atoms with Crippen molar-refractivity contribution >= 4 is 34.0 Å². The van der Waals surface area contributed by atoms with Crippen LogP contribution in [0.3, 0.4) is 0 Å². The molecule has 0 fully saturated rings. The Kier molecular flexibility index (Phi) is 6.73. The summed E-state index contributed by atoms with van der Waals surface area (Å²) in [5.41, 5.74) is 1.28. The van der Waals surface area contributed by atoms with Gasteiger partial charge in [0.05, 0.1) is 24.9 Å². The number of benzene rings is 2. The van der Waals surface area contributed by atoms with Gasteiger partial charge in [0.15, 0.2) is 11.5 Å². The number of rotatable bonds is 9. The van der Waals surface area contributed by atoms with Crippen molar-refractivity contribution in [1.82, 2.24) is 9.97 Å². The molecule has 3 N–H and O–H groups in total. The van der Waals surface area contributed by atoms with Crippen LogP contribution in [0.5, 0.6) is 17.2 Å². The van der Waals surface area contributed by atoms with Gasteiger partial charge in [-0.3, -0.25) is 0 Å². The second-order valence-corrected chi connectivity index (χ2v) is 6.60. The summed E-state index contributed by atoms with van der Waals surface area (Å²) in [6, 6.07) is 8.50. The highest BCUT2D eigenvalue weighted by Crippen LogP contribution is 2.36. The number of phenols is 1. The van der Waals surface area contributed by atoms with E-state index in [4.69, 9.17) is 26.2 Å². The predicted octanol–water partition coefficient (Wildman–Crippen LogP) is 4.28. The van der Waals surface area contributed by atoms with Gasteiger partial charge in [0.25, 0.3) is 0 Å². The molecule has 28 heavy (non-hydrogen) atoms. The highest BCUT2D eigenvalue weighted by atomic mass is 35.5. The molecular formula is C20H22ClN3O4. The number of fused-ring (bicyclic) bond motifs is 1. The second kappa shape index (κ2) is 9.43. The lowest BCUT2D eigenvalue weighted by molar-refractivity contribution is 0.266. The number of aliphatic hydroxyl groups excluding tert-OH is 1. The summed E-state index contributed by atoms with van der Waals surface area (Å²) < 4.78 is 11.0. The van der Waals surface area contributed by atoms with Crippen LogP contribution in [0.25, 0.3) is 10.9 Å². The molecule has 1 aromatic heterocycles. The molecule has 0 unspecified atom stereocenters. The summed E-state index contributed by atoms with van der Waals surface area (Å²) in [6.07, 6.45) is 3.92. The van der Waals surface area contributed by atoms with E-state index in [0.717, 1.165) is 19.3 Å². The fourth-order valence-electron chi connectivity index (χ4n) is 2.76. The van der Waals surface area contributed by atoms with Crippen LogP contribution >= 0.6 is 11.6 Å². The van der Waals surface area contributed by atoms with Gasteiger partial charge in [-0.1, -0.05) is 11.6 Å². The van der Waals surface area contributed by atoms with Crippen LogP contribution in [0.2, 0.25) is 5.02 Å². The fraction of sp³-hybridized carbons (Fsp3) is 0.300. The molecule has 0 atom stereocenters. The molecule has 2 aromatic carbocycles. The Labute approximate surface area is 167 Å². The average Bonchev–Trinajstić information content (AvgIpc) is 2.69. The molecule has 0 aliphatic carbocycles. The molecule has 0 bridgehead atoms. The molecule has 8 heteroatoms. The molecule has 3 aromatic rings. The van der Waals surface area contributed by atoms with Gasteiger partial charge in [-0.25, -0.2) is 9.97 Å². The van der Waals surface area contributed by atoms with Crippen LogP contribution in [0.1, 0.15) is 19.3 Å². The second-order valence-electron chi connectivity index (χ2n) is 6.16. The van der Waals surface area contributed by atoms with E-state index in [1.807, 2.05) is 0 Å². The quantitative estimate of drug-likeness (QED) is 0.459. The van der Waals surface area contributed by atoms with Crippen molar-refractivity contribution in [3.63, 3.8) is 0 Å². The van der Waals surface area contributed by atoms with Gasteiger partial charge in [0.1, 0.15) is 17.9 Å². The molecule has 3 rings (SSSR count). The van der Waals surface area contributed by atoms with Crippen LogP contribution in [0.15, 0.2) is 36.7 Å². The van der Waals surface area contributed by atoms with Gasteiger partial charge in [0, 0.05) is 23.1 Å². The molecular weight excluding hydrogens is 382 g/mol. The monoisotopic (exact) mass is 403 g/mol. The Balaban J connectivity index is 1.87. The van der Waals surface area contributed by atoms with Gasteiger partial charge in [-0.15, -0.1) is 0 Å². The van der Waals surface area contributed by atoms with Crippen LogP contribution in [-0.4, -0.2) is 40.5 Å². The summed E-state index contributed by atoms with van der Waals surface area (Å²) in [5.74, 6) is 1.49. The summed E-state index contributed by atoms with van der Waals surface area (Å²) in [6.45, 7) is 0.713. The number of ether oxygens (including phenoxy) is 2. The maximum Gasteiger partial charge on any atom is 0.162 e. The van der Waals surface area contributed by atoms with Gasteiger partial charge in [-0.2, -0.15) is 0 Å². The molecule has 0 aliphatic rings. The van der Waals surface area contributed by atoms with Gasteiger partial charge < -0.3 is 25.0 Å². The fourth-order valence-corrected chi connectivity index (χ4v) is 2.93. The van der Waals surface area contributed by atoms with Gasteiger partial charge in [0.2, 0.25) is 0 Å². The molecule has 0 saturated carbocycles. The molecule has 7 nitrogen and oxygen atoms in total. The molecule has 0 spiro atoms. The SMILES string of the molecule is COc1cc2ncnc(Nc3cc(Cl)ccc3OCCCCCO)c2cc1O. The zero-order valence-electron chi connectivity index (χ0n) is 15.5. The number of unbranched alkanes of at least 4 members (excludes halogenated alkanes) is 2. The largest absolute Gasteiger partial charge is 0.504 e. The lowest BCUT2D eigenvalue weighted by Crippen LogP contribution is -2.02. The van der Waals surface area contributed by atoms with E-state index in [0.29, 0.717) is 45.5 Å². The van der Waals surface area contributed by atoms with E-state index in [1.165, 1.54) is 13.4 Å². The minimum Gasteiger partial charge on any atom is -0.504 e. The Morgan fingerprint density at radius 1 is 1.07 bits per heavy atom. The number of hydrogen-bond donors (Lipinski definition) is 3. The lowest BCUT2D eigenvalue weighted by Gasteiger charge is -2.15. The van der Waals surface area contributed by atoms with E-state index in [-0.39, 0.29) is 12.4 Å². The number of halogens is 1. The standard InChI is InChI=1S/C20H22ClN3O4/c1-27-19-11-15-14(10-17(19)26)20(23-12-22-15)24-16-9-13(21)5-6-18(16)28-8-4-2-3-7-25/h5-6,9-12,25-26H,2-4,7-8H2,1H3,(H,22,23,24). The first-order valence-electron chi connectivity index (χ1n) is 8.94. The molecule has 1 heterocycles. The zero-order valence-corrected chi connectivity index (χ0v) is 16.2. The summed E-state index contributed by atoms with van der Waals surface area (Å²) in [5, 5.41) is 23.4. The maximum absolute atomic E-state index is 10.1. The Morgan fingerprint density at radius 3 is 2.71 bits per heavy atom. The molecule has 0 amide bonds. The number of hydrogen-bond acceptors (Lipinski definition) is 7. The Hall–Kier alpha value is -2.77. The van der Waals surface area contributed by atoms with Gasteiger partial charge in [-0.05, 0) is 43.5 Å². The average molecular weight is 404 g/mol. The number of nitrogens with one attached hydrogen (secondary N) is 1. The van der Waals surface area contributed by atoms with Crippen molar-refractivity contribution in [3.05, 3.63) is 41.7 Å². The maximum atomic E-state index is 10.1. The summed E-state index contributed by atoms with van der Waals surface area (Å²) >= 11 is 6.16. The van der Waals surface area contributed by atoms with Crippen LogP contribution < -0.4 is 14.8 Å². The third-order valence-electron chi connectivity index (χ3n) is 4.19. The molecule has 0 saturated heterocycles. The van der Waals surface area contributed by atoms with E-state index < -0.39 is 0 Å². The Morgan fingerprint density at radius 2 is 1.93 bits per heavy atom. The van der Waals surface area contributed by atoms with Crippen molar-refractivity contribution in [2.45, 2.75) is 19.3 Å². The number of aliphatic hydroxyl groups is 1. The number of phenolic OH excluding ortho intramolecular Hbond substituents is 1. The first-order chi connectivity index (χ1) is 13.6. The molecule has 0 radical (unpaired) electrons. The normalized spacial score (nSPS) is 10.8. The lowest BCUT2D eigenvalue weighted by atomic mass is 10.2. The minimum atomic E-state index is -0.000647. The predicted molar refractivity (Wildman–Crippen MR) is 109 cm³/mol. The van der Waals surface area contributed by atoms with E-state index in [1.54, 1.807) is 30.3 Å². The van der Waals surface area contributed by atoms with Crippen LogP contribution in [-0.2, 0) is 0 Å². The molecule has 0 aliphatic heterocycles. The van der Waals surface area contributed by atoms with Crippen molar-refractivity contribution in [2.24, 2.45) is 0 Å². The van der Waals surface area contributed by atoms with E-state index in [9.17, 15) is 5.11 Å². The van der Waals surface area contributed by atoms with Crippen molar-refractivity contribution in [1.29, 1.82) is 0 Å². The highest BCUT2D eigenvalue weighted by molar-refractivity contribution is 6.31. The first-order valence-corrected chi connectivity index (χ1v) is 9.32. The first kappa shape index (κ1) is 20.0. The number of aromatic nitrogens is 2. The van der Waals surface area contributed by atoms with Crippen LogP contribution in [0, 0.1) is 0 Å². The third kappa shape index (κ3) is 4.74. The zero-order chi connectivity index (χ0) is 19.9. The molecule has 148 valence electrons. The number of aromatic hydroxyl groups is 1. The summed E-state index contributed by atoms with van der Waals surface area (Å²) in [7, 11) is 1.48. The highest BCUT2D eigenvalue weighted by Gasteiger charge is 2.12. The van der Waals surface area contributed by atoms with Crippen LogP contribution in [0.4, 0.5) is 11.5 Å². The van der Waals surface area contributed by atoms with Crippen molar-refractivity contribution in [3.8, 4) is 17.2 Å². The van der Waals surface area contributed by atoms with E-state index >= 15 is 0 Å².